The number of benzene rings is 1. The van der Waals surface area contributed by atoms with Crippen LogP contribution in [0.5, 0.6) is 5.75 Å². The van der Waals surface area contributed by atoms with Gasteiger partial charge in [-0.15, -0.1) is 11.3 Å². The van der Waals surface area contributed by atoms with Crippen molar-refractivity contribution in [3.8, 4) is 22.3 Å². The van der Waals surface area contributed by atoms with Gasteiger partial charge in [0.1, 0.15) is 16.7 Å². The van der Waals surface area contributed by atoms with Gasteiger partial charge >= 0.3 is 5.97 Å². The molecular formula is C16H15NO3S. The predicted octanol–water partition coefficient (Wildman–Crippen LogP) is 3.86. The molecule has 0 atom stereocenters. The molecule has 0 radical (unpaired) electrons. The molecule has 0 unspecified atom stereocenters. The van der Waals surface area contributed by atoms with Crippen LogP contribution in [0.15, 0.2) is 30.3 Å². The summed E-state index contributed by atoms with van der Waals surface area (Å²) in [6.45, 7) is 2.60. The van der Waals surface area contributed by atoms with Crippen molar-refractivity contribution < 1.29 is 14.3 Å². The van der Waals surface area contributed by atoms with E-state index in [2.05, 4.69) is 6.07 Å². The maximum Gasteiger partial charge on any atom is 0.348 e. The minimum Gasteiger partial charge on any atom is -0.492 e. The Balaban J connectivity index is 2.30. The van der Waals surface area contributed by atoms with Crippen molar-refractivity contribution in [2.75, 3.05) is 13.7 Å². The molecule has 0 bridgehead atoms. The molecule has 0 saturated heterocycles. The summed E-state index contributed by atoms with van der Waals surface area (Å²) in [5.74, 6) is 0.238. The fourth-order valence-corrected chi connectivity index (χ4v) is 2.73. The lowest BCUT2D eigenvalue weighted by molar-refractivity contribution is 0.0606. The van der Waals surface area contributed by atoms with E-state index in [0.717, 1.165) is 16.9 Å². The highest BCUT2D eigenvalue weighted by Gasteiger charge is 2.12. The highest BCUT2D eigenvalue weighted by molar-refractivity contribution is 7.17. The number of ether oxygens (including phenoxy) is 2. The zero-order valence-corrected chi connectivity index (χ0v) is 12.7. The van der Waals surface area contributed by atoms with Gasteiger partial charge in [0.15, 0.2) is 0 Å². The van der Waals surface area contributed by atoms with Crippen LogP contribution in [0.1, 0.15) is 28.6 Å². The summed E-state index contributed by atoms with van der Waals surface area (Å²) in [7, 11) is 1.36. The van der Waals surface area contributed by atoms with E-state index in [1.807, 2.05) is 19.1 Å². The SMILES string of the molecule is CCCOc1ccc(-c2ccc(C(=O)OC)s2)cc1C#N. The van der Waals surface area contributed by atoms with Crippen LogP contribution in [0.3, 0.4) is 0 Å². The fraction of sp³-hybridized carbons (Fsp3) is 0.250. The van der Waals surface area contributed by atoms with Crippen LogP contribution < -0.4 is 4.74 Å². The molecule has 0 saturated carbocycles. The number of esters is 1. The lowest BCUT2D eigenvalue weighted by Crippen LogP contribution is -1.97. The van der Waals surface area contributed by atoms with Crippen molar-refractivity contribution in [2.45, 2.75) is 13.3 Å². The summed E-state index contributed by atoms with van der Waals surface area (Å²) in [4.78, 5) is 12.9. The van der Waals surface area contributed by atoms with E-state index < -0.39 is 0 Å². The van der Waals surface area contributed by atoms with Crippen molar-refractivity contribution in [3.05, 3.63) is 40.8 Å². The lowest BCUT2D eigenvalue weighted by Gasteiger charge is -2.07. The number of methoxy groups -OCH3 is 1. The minimum atomic E-state index is -0.352. The number of nitrogens with zero attached hydrogens (tertiary/aromatic N) is 1. The first-order chi connectivity index (χ1) is 10.2. The third kappa shape index (κ3) is 3.41. The second-order valence-electron chi connectivity index (χ2n) is 4.33. The van der Waals surface area contributed by atoms with Crippen LogP contribution in [0.4, 0.5) is 0 Å². The minimum absolute atomic E-state index is 0.352. The summed E-state index contributed by atoms with van der Waals surface area (Å²) in [5, 5.41) is 9.22. The number of hydrogen-bond donors (Lipinski definition) is 0. The van der Waals surface area contributed by atoms with Gasteiger partial charge in [0.25, 0.3) is 0 Å². The number of carbonyl (C=O) groups is 1. The Morgan fingerprint density at radius 2 is 2.14 bits per heavy atom. The second kappa shape index (κ2) is 6.91. The van der Waals surface area contributed by atoms with E-state index in [1.54, 1.807) is 18.2 Å². The van der Waals surface area contributed by atoms with E-state index >= 15 is 0 Å². The monoisotopic (exact) mass is 301 g/mol. The average Bonchev–Trinajstić information content (AvgIpc) is 3.01. The topological polar surface area (TPSA) is 59.3 Å². The van der Waals surface area contributed by atoms with Gasteiger partial charge < -0.3 is 9.47 Å². The molecule has 0 fully saturated rings. The second-order valence-corrected chi connectivity index (χ2v) is 5.41. The van der Waals surface area contributed by atoms with Gasteiger partial charge in [0.05, 0.1) is 19.3 Å². The third-order valence-corrected chi connectivity index (χ3v) is 3.95. The highest BCUT2D eigenvalue weighted by Crippen LogP contribution is 2.31. The van der Waals surface area contributed by atoms with Crippen molar-refractivity contribution in [3.63, 3.8) is 0 Å². The van der Waals surface area contributed by atoms with Crippen LogP contribution in [0, 0.1) is 11.3 Å². The molecule has 0 aliphatic rings. The maximum atomic E-state index is 11.5. The normalized spacial score (nSPS) is 9.95. The molecule has 1 aromatic carbocycles. The number of carbonyl (C=O) groups excluding carboxylic acids is 1. The Kier molecular flexibility index (Phi) is 4.96. The van der Waals surface area contributed by atoms with Crippen molar-refractivity contribution in [1.29, 1.82) is 5.26 Å². The van der Waals surface area contributed by atoms with E-state index in [1.165, 1.54) is 18.4 Å². The first-order valence-corrected chi connectivity index (χ1v) is 7.36. The Labute approximate surface area is 127 Å². The molecule has 0 spiro atoms. The molecule has 0 aliphatic carbocycles. The molecule has 5 heteroatoms. The van der Waals surface area contributed by atoms with Crippen molar-refractivity contribution in [1.82, 2.24) is 0 Å². The Bertz CT molecular complexity index is 685. The van der Waals surface area contributed by atoms with Crippen molar-refractivity contribution in [2.24, 2.45) is 0 Å². The van der Waals surface area contributed by atoms with Crippen LogP contribution in [0.25, 0.3) is 10.4 Å². The van der Waals surface area contributed by atoms with E-state index in [4.69, 9.17) is 9.47 Å². The molecule has 1 heterocycles. The Hall–Kier alpha value is -2.32. The summed E-state index contributed by atoms with van der Waals surface area (Å²) in [6.07, 6.45) is 0.889. The smallest absolute Gasteiger partial charge is 0.348 e. The maximum absolute atomic E-state index is 11.5. The average molecular weight is 301 g/mol. The van der Waals surface area contributed by atoms with Crippen LogP contribution in [-0.4, -0.2) is 19.7 Å². The highest BCUT2D eigenvalue weighted by atomic mass is 32.1. The first kappa shape index (κ1) is 15.1. The Morgan fingerprint density at radius 1 is 1.33 bits per heavy atom. The van der Waals surface area contributed by atoms with Gasteiger partial charge in [-0.1, -0.05) is 6.92 Å². The largest absolute Gasteiger partial charge is 0.492 e. The molecule has 1 aromatic heterocycles. The van der Waals surface area contributed by atoms with Gasteiger partial charge in [0.2, 0.25) is 0 Å². The summed E-state index contributed by atoms with van der Waals surface area (Å²) >= 11 is 1.34. The summed E-state index contributed by atoms with van der Waals surface area (Å²) < 4.78 is 10.2. The molecular weight excluding hydrogens is 286 g/mol. The standard InChI is InChI=1S/C16H15NO3S/c1-3-8-20-13-5-4-11(9-12(13)10-17)14-6-7-15(21-14)16(18)19-2/h4-7,9H,3,8H2,1-2H3. The summed E-state index contributed by atoms with van der Waals surface area (Å²) in [6, 6.07) is 11.2. The van der Waals surface area contributed by atoms with E-state index in [9.17, 15) is 10.1 Å². The van der Waals surface area contributed by atoms with Gasteiger partial charge in [-0.25, -0.2) is 4.79 Å². The van der Waals surface area contributed by atoms with Gasteiger partial charge in [-0.3, -0.25) is 0 Å². The zero-order chi connectivity index (χ0) is 15.2. The van der Waals surface area contributed by atoms with Crippen LogP contribution >= 0.6 is 11.3 Å². The van der Waals surface area contributed by atoms with E-state index in [0.29, 0.717) is 22.8 Å². The van der Waals surface area contributed by atoms with Crippen LogP contribution in [-0.2, 0) is 4.74 Å². The van der Waals surface area contributed by atoms with Gasteiger partial charge in [-0.2, -0.15) is 5.26 Å². The summed E-state index contributed by atoms with van der Waals surface area (Å²) in [5.41, 5.74) is 1.38. The van der Waals surface area contributed by atoms with Crippen molar-refractivity contribution >= 4 is 17.3 Å². The number of hydrogen-bond acceptors (Lipinski definition) is 5. The fourth-order valence-electron chi connectivity index (χ4n) is 1.81. The predicted molar refractivity (Wildman–Crippen MR) is 81.6 cm³/mol. The third-order valence-electron chi connectivity index (χ3n) is 2.84. The molecule has 2 aromatic rings. The number of thiophene rings is 1. The van der Waals surface area contributed by atoms with Crippen LogP contribution in [0.2, 0.25) is 0 Å². The molecule has 2 rings (SSSR count). The van der Waals surface area contributed by atoms with Gasteiger partial charge in [-0.05, 0) is 42.3 Å². The number of nitriles is 1. The van der Waals surface area contributed by atoms with E-state index in [-0.39, 0.29) is 5.97 Å². The number of rotatable bonds is 5. The lowest BCUT2D eigenvalue weighted by atomic mass is 10.1. The zero-order valence-electron chi connectivity index (χ0n) is 11.9. The molecule has 4 nitrogen and oxygen atoms in total. The molecule has 0 aliphatic heterocycles. The molecule has 0 N–H and O–H groups in total. The molecule has 0 amide bonds. The quantitative estimate of drug-likeness (QED) is 0.787. The molecule has 108 valence electrons. The first-order valence-electron chi connectivity index (χ1n) is 6.55. The van der Waals surface area contributed by atoms with Gasteiger partial charge in [0, 0.05) is 4.88 Å². The molecule has 21 heavy (non-hydrogen) atoms. The Morgan fingerprint density at radius 3 is 2.81 bits per heavy atom.